The van der Waals surface area contributed by atoms with Gasteiger partial charge in [0.2, 0.25) is 0 Å². The number of hydrogen-bond acceptors (Lipinski definition) is 8. The van der Waals surface area contributed by atoms with E-state index in [1.807, 2.05) is 12.1 Å². The standard InChI is InChI=1S/C11H13N3O2.C6H3BrN2.C5H11NO2.CH4/c1-11(2,3)16-10(15)14-8-4-5-13-9(6-8)7-12;7-5-1-2-9-6(3-5)4-8;1-5(2,3)8-4(6)7;/h4-6H,1-3H3,(H,13,14,15);1-3H;1-3H3,(H2,6,7);1H4. The van der Waals surface area contributed by atoms with Crippen molar-refractivity contribution < 1.29 is 19.1 Å². The third kappa shape index (κ3) is 17.9. The van der Waals surface area contributed by atoms with Crippen LogP contribution in [0.15, 0.2) is 41.1 Å². The van der Waals surface area contributed by atoms with E-state index in [-0.39, 0.29) is 13.1 Å². The molecule has 2 rings (SSSR count). The number of carbonyl (C=O) groups excluding carboxylic acids is 2. The highest BCUT2D eigenvalue weighted by atomic mass is 79.9. The van der Waals surface area contributed by atoms with Crippen LogP contribution in [0.1, 0.15) is 60.4 Å². The van der Waals surface area contributed by atoms with Gasteiger partial charge in [0.15, 0.2) is 0 Å². The summed E-state index contributed by atoms with van der Waals surface area (Å²) >= 11 is 3.21. The van der Waals surface area contributed by atoms with Crippen LogP contribution in [-0.2, 0) is 9.47 Å². The highest BCUT2D eigenvalue weighted by Crippen LogP contribution is 2.12. The number of hydrogen-bond donors (Lipinski definition) is 2. The van der Waals surface area contributed by atoms with E-state index in [0.29, 0.717) is 11.4 Å². The average molecular weight is 535 g/mol. The quantitative estimate of drug-likeness (QED) is 0.481. The van der Waals surface area contributed by atoms with Crippen molar-refractivity contribution in [2.75, 3.05) is 5.32 Å². The summed E-state index contributed by atoms with van der Waals surface area (Å²) in [4.78, 5) is 29.0. The van der Waals surface area contributed by atoms with E-state index < -0.39 is 23.4 Å². The number of nitriles is 2. The predicted molar refractivity (Wildman–Crippen MR) is 133 cm³/mol. The van der Waals surface area contributed by atoms with Crippen molar-refractivity contribution in [2.45, 2.75) is 60.2 Å². The number of pyridine rings is 2. The molecule has 0 saturated heterocycles. The van der Waals surface area contributed by atoms with Gasteiger partial charge in [-0.2, -0.15) is 10.5 Å². The molecule has 0 aliphatic carbocycles. The Morgan fingerprint density at radius 2 is 1.41 bits per heavy atom. The molecule has 0 fully saturated rings. The Hall–Kier alpha value is -3.70. The third-order valence-electron chi connectivity index (χ3n) is 2.76. The molecule has 0 aromatic carbocycles. The number of carbonyl (C=O) groups is 2. The molecule has 34 heavy (non-hydrogen) atoms. The maximum absolute atomic E-state index is 11.4. The Bertz CT molecular complexity index is 1020. The first-order valence-corrected chi connectivity index (χ1v) is 10.3. The summed E-state index contributed by atoms with van der Waals surface area (Å²) < 4.78 is 10.5. The fraction of sp³-hybridized carbons (Fsp3) is 0.391. The van der Waals surface area contributed by atoms with E-state index in [4.69, 9.17) is 21.0 Å². The average Bonchev–Trinajstić information content (AvgIpc) is 2.65. The summed E-state index contributed by atoms with van der Waals surface area (Å²) in [6.45, 7) is 10.6. The van der Waals surface area contributed by atoms with Crippen LogP contribution in [0, 0.1) is 22.7 Å². The maximum atomic E-state index is 11.4. The molecule has 10 nitrogen and oxygen atoms in total. The lowest BCUT2D eigenvalue weighted by Gasteiger charge is -2.19. The Morgan fingerprint density at radius 1 is 0.941 bits per heavy atom. The van der Waals surface area contributed by atoms with Gasteiger partial charge in [-0.05, 0) is 65.8 Å². The zero-order chi connectivity index (χ0) is 25.7. The Morgan fingerprint density at radius 3 is 1.76 bits per heavy atom. The van der Waals surface area contributed by atoms with E-state index >= 15 is 0 Å². The number of nitrogens with zero attached hydrogens (tertiary/aromatic N) is 4. The summed E-state index contributed by atoms with van der Waals surface area (Å²) in [5.74, 6) is 0. The van der Waals surface area contributed by atoms with Gasteiger partial charge >= 0.3 is 12.2 Å². The van der Waals surface area contributed by atoms with Crippen molar-refractivity contribution >= 4 is 33.8 Å². The first-order chi connectivity index (χ1) is 15.1. The summed E-state index contributed by atoms with van der Waals surface area (Å²) in [6.07, 6.45) is 1.76. The monoisotopic (exact) mass is 534 g/mol. The molecule has 184 valence electrons. The summed E-state index contributed by atoms with van der Waals surface area (Å²) in [6, 6.07) is 10.3. The first kappa shape index (κ1) is 32.5. The molecular formula is C23H31BrN6O4. The van der Waals surface area contributed by atoms with Gasteiger partial charge in [-0.3, -0.25) is 5.32 Å². The number of primary amides is 1. The number of ether oxygens (including phenoxy) is 2. The second-order valence-electron chi connectivity index (χ2n) is 8.17. The molecule has 0 bridgehead atoms. The van der Waals surface area contributed by atoms with Crippen LogP contribution in [-0.4, -0.2) is 33.4 Å². The number of aromatic nitrogens is 2. The predicted octanol–water partition coefficient (Wildman–Crippen LogP) is 5.53. The van der Waals surface area contributed by atoms with Crippen molar-refractivity contribution in [3.63, 3.8) is 0 Å². The van der Waals surface area contributed by atoms with Crippen molar-refractivity contribution in [2.24, 2.45) is 5.73 Å². The van der Waals surface area contributed by atoms with Gasteiger partial charge in [-0.1, -0.05) is 23.4 Å². The van der Waals surface area contributed by atoms with Crippen LogP contribution in [0.5, 0.6) is 0 Å². The second-order valence-corrected chi connectivity index (χ2v) is 9.09. The van der Waals surface area contributed by atoms with Crippen LogP contribution in [0.25, 0.3) is 0 Å². The lowest BCUT2D eigenvalue weighted by molar-refractivity contribution is 0.0596. The topological polar surface area (TPSA) is 164 Å². The lowest BCUT2D eigenvalue weighted by atomic mass is 10.2. The van der Waals surface area contributed by atoms with Crippen LogP contribution >= 0.6 is 15.9 Å². The third-order valence-corrected chi connectivity index (χ3v) is 3.26. The molecule has 0 spiro atoms. The number of amides is 2. The summed E-state index contributed by atoms with van der Waals surface area (Å²) in [5.41, 5.74) is 4.88. The highest BCUT2D eigenvalue weighted by molar-refractivity contribution is 9.10. The minimum Gasteiger partial charge on any atom is -0.444 e. The zero-order valence-electron chi connectivity index (χ0n) is 19.3. The molecule has 0 aliphatic heterocycles. The van der Waals surface area contributed by atoms with Gasteiger partial charge in [-0.15, -0.1) is 0 Å². The fourth-order valence-electron chi connectivity index (χ4n) is 1.76. The molecular weight excluding hydrogens is 504 g/mol. The molecule has 0 aliphatic rings. The molecule has 3 N–H and O–H groups in total. The van der Waals surface area contributed by atoms with Crippen molar-refractivity contribution in [3.8, 4) is 12.1 Å². The van der Waals surface area contributed by atoms with Gasteiger partial charge in [0.05, 0.1) is 0 Å². The van der Waals surface area contributed by atoms with E-state index in [9.17, 15) is 9.59 Å². The molecule has 2 aromatic rings. The number of nitrogens with two attached hydrogens (primary N) is 1. The van der Waals surface area contributed by atoms with Gasteiger partial charge in [0, 0.05) is 22.6 Å². The molecule has 0 saturated carbocycles. The fourth-order valence-corrected chi connectivity index (χ4v) is 2.09. The molecule has 2 aromatic heterocycles. The number of nitrogens with one attached hydrogen (secondary N) is 1. The van der Waals surface area contributed by atoms with Crippen LogP contribution in [0.3, 0.4) is 0 Å². The van der Waals surface area contributed by atoms with Crippen molar-refractivity contribution in [1.82, 2.24) is 9.97 Å². The van der Waals surface area contributed by atoms with E-state index in [0.717, 1.165) is 4.47 Å². The van der Waals surface area contributed by atoms with Crippen LogP contribution in [0.2, 0.25) is 0 Å². The molecule has 0 unspecified atom stereocenters. The van der Waals surface area contributed by atoms with Crippen LogP contribution in [0.4, 0.5) is 15.3 Å². The van der Waals surface area contributed by atoms with Crippen molar-refractivity contribution in [1.29, 1.82) is 10.5 Å². The summed E-state index contributed by atoms with van der Waals surface area (Å²) in [7, 11) is 0. The van der Waals surface area contributed by atoms with Gasteiger partial charge in [0.1, 0.15) is 34.7 Å². The largest absolute Gasteiger partial charge is 0.444 e. The Balaban J connectivity index is 0. The molecule has 2 heterocycles. The lowest BCUT2D eigenvalue weighted by Crippen LogP contribution is -2.27. The van der Waals surface area contributed by atoms with E-state index in [1.165, 1.54) is 12.3 Å². The molecule has 0 radical (unpaired) electrons. The highest BCUT2D eigenvalue weighted by Gasteiger charge is 2.16. The minimum absolute atomic E-state index is 0. The Labute approximate surface area is 209 Å². The van der Waals surface area contributed by atoms with Crippen LogP contribution < -0.4 is 11.1 Å². The number of rotatable bonds is 1. The number of anilines is 1. The first-order valence-electron chi connectivity index (χ1n) is 9.51. The SMILES string of the molecule is C.CC(C)(C)OC(=O)Nc1ccnc(C#N)c1.CC(C)(C)OC(N)=O.N#Cc1cc(Br)ccn1. The van der Waals surface area contributed by atoms with Gasteiger partial charge in [0.25, 0.3) is 0 Å². The van der Waals surface area contributed by atoms with Gasteiger partial charge < -0.3 is 15.2 Å². The Kier molecular flexibility index (Phi) is 14.5. The molecule has 11 heteroatoms. The second kappa shape index (κ2) is 15.2. The number of halogens is 1. The molecule has 0 atom stereocenters. The smallest absolute Gasteiger partial charge is 0.412 e. The maximum Gasteiger partial charge on any atom is 0.412 e. The zero-order valence-corrected chi connectivity index (χ0v) is 20.9. The van der Waals surface area contributed by atoms with E-state index in [2.05, 4.69) is 36.0 Å². The van der Waals surface area contributed by atoms with Gasteiger partial charge in [-0.25, -0.2) is 19.6 Å². The molecule has 2 amide bonds. The van der Waals surface area contributed by atoms with E-state index in [1.54, 1.807) is 65.9 Å². The summed E-state index contributed by atoms with van der Waals surface area (Å²) in [5, 5.41) is 19.5. The minimum atomic E-state index is -0.725. The van der Waals surface area contributed by atoms with Crippen molar-refractivity contribution in [3.05, 3.63) is 52.5 Å². The normalized spacial score (nSPS) is 9.68.